The number of nitrogens with zero attached hydrogens (tertiary/aromatic N) is 2. The molecule has 7 nitrogen and oxygen atoms in total. The number of aromatic nitrogens is 1. The van der Waals surface area contributed by atoms with Crippen molar-refractivity contribution in [3.05, 3.63) is 125 Å². The third-order valence-electron chi connectivity index (χ3n) is 6.33. The minimum Gasteiger partial charge on any atom is -0.494 e. The highest BCUT2D eigenvalue weighted by Gasteiger charge is 2.20. The van der Waals surface area contributed by atoms with Crippen LogP contribution in [0.3, 0.4) is 0 Å². The fraction of sp³-hybridized carbons (Fsp3) is 0.125. The number of nitrogens with one attached hydrogen (secondary N) is 1. The number of ether oxygens (including phenoxy) is 2. The highest BCUT2D eigenvalue weighted by molar-refractivity contribution is 6.22. The number of H-pyrrole nitrogens is 1. The van der Waals surface area contributed by atoms with Crippen molar-refractivity contribution in [1.82, 2.24) is 9.88 Å². The molecule has 0 aliphatic rings. The molecule has 196 valence electrons. The molecule has 0 amide bonds. The molecule has 7 heteroatoms. The number of hydrogen-bond acceptors (Lipinski definition) is 6. The highest BCUT2D eigenvalue weighted by atomic mass is 16.7. The van der Waals surface area contributed by atoms with Gasteiger partial charge in [0, 0.05) is 29.6 Å². The van der Waals surface area contributed by atoms with Gasteiger partial charge in [-0.2, -0.15) is 0 Å². The predicted octanol–water partition coefficient (Wildman–Crippen LogP) is 6.82. The molecule has 2 N–H and O–H groups in total. The maximum atomic E-state index is 11.7. The fourth-order valence-corrected chi connectivity index (χ4v) is 4.53. The summed E-state index contributed by atoms with van der Waals surface area (Å²) in [4.78, 5) is 21.9. The van der Waals surface area contributed by atoms with Crippen LogP contribution in [0.1, 0.15) is 22.3 Å². The van der Waals surface area contributed by atoms with Gasteiger partial charge in [-0.25, -0.2) is 9.79 Å². The quantitative estimate of drug-likeness (QED) is 0.133. The van der Waals surface area contributed by atoms with E-state index in [9.17, 15) is 9.90 Å². The molecule has 0 atom stereocenters. The first-order valence-corrected chi connectivity index (χ1v) is 12.6. The van der Waals surface area contributed by atoms with Gasteiger partial charge in [-0.05, 0) is 48.5 Å². The molecule has 0 fully saturated rings. The molecule has 1 heterocycles. The SMILES string of the molecule is COC(=O)Oc1ccc2[nH]c(O)c(C(=Nc3ccc(CN(C)Cc4ccccc4)cc3)c3ccccc3)c2c1. The minimum atomic E-state index is -0.817. The van der Waals surface area contributed by atoms with Crippen molar-refractivity contribution in [1.29, 1.82) is 0 Å². The van der Waals surface area contributed by atoms with Crippen molar-refractivity contribution in [2.45, 2.75) is 13.1 Å². The number of benzene rings is 4. The van der Waals surface area contributed by atoms with Gasteiger partial charge >= 0.3 is 6.16 Å². The number of carbonyl (C=O) groups excluding carboxylic acids is 1. The number of aromatic amines is 1. The summed E-state index contributed by atoms with van der Waals surface area (Å²) < 4.78 is 9.84. The van der Waals surface area contributed by atoms with Crippen LogP contribution in [0.25, 0.3) is 10.9 Å². The van der Waals surface area contributed by atoms with Gasteiger partial charge in [0.05, 0.1) is 24.1 Å². The molecule has 0 saturated heterocycles. The van der Waals surface area contributed by atoms with E-state index in [1.807, 2.05) is 48.5 Å². The van der Waals surface area contributed by atoms with E-state index in [1.165, 1.54) is 18.2 Å². The lowest BCUT2D eigenvalue weighted by Crippen LogP contribution is -2.17. The summed E-state index contributed by atoms with van der Waals surface area (Å²) in [5.41, 5.74) is 5.81. The maximum Gasteiger partial charge on any atom is 0.513 e. The number of hydrogen-bond donors (Lipinski definition) is 2. The van der Waals surface area contributed by atoms with Crippen LogP contribution in [-0.4, -0.2) is 41.0 Å². The van der Waals surface area contributed by atoms with E-state index in [0.29, 0.717) is 27.9 Å². The summed E-state index contributed by atoms with van der Waals surface area (Å²) in [5.74, 6) is 0.271. The number of carbonyl (C=O) groups is 1. The smallest absolute Gasteiger partial charge is 0.494 e. The van der Waals surface area contributed by atoms with Gasteiger partial charge < -0.3 is 19.6 Å². The topological polar surface area (TPSA) is 87.1 Å². The van der Waals surface area contributed by atoms with Gasteiger partial charge in [0.1, 0.15) is 5.75 Å². The number of rotatable bonds is 8. The van der Waals surface area contributed by atoms with Gasteiger partial charge in [-0.15, -0.1) is 0 Å². The summed E-state index contributed by atoms with van der Waals surface area (Å²) in [7, 11) is 3.35. The van der Waals surface area contributed by atoms with E-state index >= 15 is 0 Å². The van der Waals surface area contributed by atoms with Crippen LogP contribution in [0.15, 0.2) is 108 Å². The molecule has 4 aromatic carbocycles. The van der Waals surface area contributed by atoms with Crippen LogP contribution in [0.5, 0.6) is 11.6 Å². The standard InChI is InChI=1S/C32H29N3O4/c1-35(20-22-9-5-3-6-10-22)21-23-13-15-25(16-14-23)33-30(24-11-7-4-8-12-24)29-27-19-26(39-32(37)38-2)17-18-28(27)34-31(29)36/h3-19,34,36H,20-21H2,1-2H3. The molecule has 0 saturated carbocycles. The summed E-state index contributed by atoms with van der Waals surface area (Å²) >= 11 is 0. The lowest BCUT2D eigenvalue weighted by atomic mass is 10.0. The molecular weight excluding hydrogens is 490 g/mol. The van der Waals surface area contributed by atoms with E-state index < -0.39 is 6.16 Å². The average Bonchev–Trinajstić information content (AvgIpc) is 3.28. The molecule has 5 rings (SSSR count). The molecule has 1 aromatic heterocycles. The second-order valence-corrected chi connectivity index (χ2v) is 9.26. The molecule has 0 unspecified atom stereocenters. The Hall–Kier alpha value is -4.88. The summed E-state index contributed by atoms with van der Waals surface area (Å²) in [5, 5.41) is 11.6. The molecule has 0 bridgehead atoms. The van der Waals surface area contributed by atoms with Crippen molar-refractivity contribution >= 4 is 28.5 Å². The van der Waals surface area contributed by atoms with Gasteiger partial charge in [-0.3, -0.25) is 4.90 Å². The molecule has 0 radical (unpaired) electrons. The lowest BCUT2D eigenvalue weighted by Gasteiger charge is -2.17. The molecule has 5 aromatic rings. The lowest BCUT2D eigenvalue weighted by molar-refractivity contribution is 0.121. The molecule has 39 heavy (non-hydrogen) atoms. The van der Waals surface area contributed by atoms with Crippen molar-refractivity contribution in [2.24, 2.45) is 4.99 Å². The molecular formula is C32H29N3O4. The predicted molar refractivity (Wildman–Crippen MR) is 153 cm³/mol. The maximum absolute atomic E-state index is 11.7. The Morgan fingerprint density at radius 3 is 2.18 bits per heavy atom. The van der Waals surface area contributed by atoms with Crippen LogP contribution < -0.4 is 4.74 Å². The van der Waals surface area contributed by atoms with E-state index in [-0.39, 0.29) is 5.88 Å². The number of aromatic hydroxyl groups is 1. The third kappa shape index (κ3) is 6.17. The monoisotopic (exact) mass is 519 g/mol. The Morgan fingerprint density at radius 1 is 0.872 bits per heavy atom. The molecule has 0 aliphatic carbocycles. The first kappa shape index (κ1) is 25.8. The number of aliphatic imine (C=N–C) groups is 1. The van der Waals surface area contributed by atoms with Gasteiger partial charge in [-0.1, -0.05) is 72.8 Å². The van der Waals surface area contributed by atoms with E-state index in [4.69, 9.17) is 9.73 Å². The van der Waals surface area contributed by atoms with Gasteiger partial charge in [0.25, 0.3) is 0 Å². The Balaban J connectivity index is 1.47. The van der Waals surface area contributed by atoms with Gasteiger partial charge in [0.2, 0.25) is 0 Å². The summed E-state index contributed by atoms with van der Waals surface area (Å²) in [6.07, 6.45) is -0.817. The molecule has 0 spiro atoms. The second kappa shape index (κ2) is 11.7. The Morgan fingerprint density at radius 2 is 1.51 bits per heavy atom. The first-order valence-electron chi connectivity index (χ1n) is 12.6. The normalized spacial score (nSPS) is 11.6. The van der Waals surface area contributed by atoms with E-state index in [1.54, 1.807) is 18.2 Å². The van der Waals surface area contributed by atoms with Crippen molar-refractivity contribution in [3.8, 4) is 11.6 Å². The summed E-state index contributed by atoms with van der Waals surface area (Å²) in [6.45, 7) is 1.66. The molecule has 0 aliphatic heterocycles. The van der Waals surface area contributed by atoms with Crippen LogP contribution in [0.4, 0.5) is 10.5 Å². The van der Waals surface area contributed by atoms with E-state index in [2.05, 4.69) is 58.1 Å². The largest absolute Gasteiger partial charge is 0.513 e. The van der Waals surface area contributed by atoms with Crippen LogP contribution >= 0.6 is 0 Å². The minimum absolute atomic E-state index is 0.0259. The van der Waals surface area contributed by atoms with E-state index in [0.717, 1.165) is 24.3 Å². The van der Waals surface area contributed by atoms with Crippen LogP contribution in [0, 0.1) is 0 Å². The zero-order valence-corrected chi connectivity index (χ0v) is 21.8. The third-order valence-corrected chi connectivity index (χ3v) is 6.33. The second-order valence-electron chi connectivity index (χ2n) is 9.26. The van der Waals surface area contributed by atoms with Crippen molar-refractivity contribution in [3.63, 3.8) is 0 Å². The Kier molecular flexibility index (Phi) is 7.70. The van der Waals surface area contributed by atoms with Crippen molar-refractivity contribution < 1.29 is 19.4 Å². The van der Waals surface area contributed by atoms with Crippen LogP contribution in [-0.2, 0) is 17.8 Å². The number of methoxy groups -OCH3 is 1. The average molecular weight is 520 g/mol. The Bertz CT molecular complexity index is 1590. The van der Waals surface area contributed by atoms with Crippen molar-refractivity contribution in [2.75, 3.05) is 14.2 Å². The fourth-order valence-electron chi connectivity index (χ4n) is 4.53. The zero-order valence-electron chi connectivity index (χ0n) is 21.8. The Labute approximate surface area is 227 Å². The number of fused-ring (bicyclic) bond motifs is 1. The van der Waals surface area contributed by atoms with Crippen LogP contribution in [0.2, 0.25) is 0 Å². The van der Waals surface area contributed by atoms with Gasteiger partial charge in [0.15, 0.2) is 5.88 Å². The first-order chi connectivity index (χ1) is 19.0. The summed E-state index contributed by atoms with van der Waals surface area (Å²) in [6, 6.07) is 33.2. The highest BCUT2D eigenvalue weighted by Crippen LogP contribution is 2.34. The zero-order chi connectivity index (χ0) is 27.2.